The SMILES string of the molecule is CCCCN(C(=O)CCNC(C)C)C(C)CC. The Hall–Kier alpha value is -0.570. The van der Waals surface area contributed by atoms with E-state index >= 15 is 0 Å². The van der Waals surface area contributed by atoms with E-state index in [9.17, 15) is 4.79 Å². The lowest BCUT2D eigenvalue weighted by molar-refractivity contribution is -0.133. The Labute approximate surface area is 107 Å². The van der Waals surface area contributed by atoms with Crippen molar-refractivity contribution in [3.63, 3.8) is 0 Å². The molecule has 3 heteroatoms. The topological polar surface area (TPSA) is 32.3 Å². The van der Waals surface area contributed by atoms with Crippen LogP contribution in [0, 0.1) is 0 Å². The Balaban J connectivity index is 4.12. The summed E-state index contributed by atoms with van der Waals surface area (Å²) in [6.45, 7) is 12.4. The van der Waals surface area contributed by atoms with E-state index in [0.717, 1.165) is 32.4 Å². The highest BCUT2D eigenvalue weighted by molar-refractivity contribution is 5.76. The van der Waals surface area contributed by atoms with Crippen molar-refractivity contribution >= 4 is 5.91 Å². The monoisotopic (exact) mass is 242 g/mol. The first-order chi connectivity index (χ1) is 8.02. The number of rotatable bonds is 9. The number of carbonyl (C=O) groups is 1. The van der Waals surface area contributed by atoms with Gasteiger partial charge in [-0.15, -0.1) is 0 Å². The molecule has 0 fully saturated rings. The van der Waals surface area contributed by atoms with Gasteiger partial charge in [-0.05, 0) is 19.8 Å². The van der Waals surface area contributed by atoms with Gasteiger partial charge in [0.25, 0.3) is 0 Å². The summed E-state index contributed by atoms with van der Waals surface area (Å²) in [6, 6.07) is 0.823. The minimum Gasteiger partial charge on any atom is -0.340 e. The third-order valence-electron chi connectivity index (χ3n) is 3.09. The molecule has 0 heterocycles. The van der Waals surface area contributed by atoms with Gasteiger partial charge in [-0.2, -0.15) is 0 Å². The molecule has 0 rings (SSSR count). The van der Waals surface area contributed by atoms with Gasteiger partial charge in [0.2, 0.25) is 5.91 Å². The molecule has 1 N–H and O–H groups in total. The Morgan fingerprint density at radius 2 is 1.88 bits per heavy atom. The molecule has 1 amide bonds. The molecule has 17 heavy (non-hydrogen) atoms. The van der Waals surface area contributed by atoms with Crippen molar-refractivity contribution in [3.05, 3.63) is 0 Å². The number of carbonyl (C=O) groups excluding carboxylic acids is 1. The number of hydrogen-bond donors (Lipinski definition) is 1. The molecule has 102 valence electrons. The van der Waals surface area contributed by atoms with Crippen molar-refractivity contribution in [2.75, 3.05) is 13.1 Å². The molecule has 1 unspecified atom stereocenters. The number of unbranched alkanes of at least 4 members (excludes halogenated alkanes) is 1. The maximum atomic E-state index is 12.1. The Morgan fingerprint density at radius 1 is 1.24 bits per heavy atom. The highest BCUT2D eigenvalue weighted by atomic mass is 16.2. The van der Waals surface area contributed by atoms with Gasteiger partial charge in [0, 0.05) is 31.6 Å². The molecule has 0 aromatic heterocycles. The minimum absolute atomic E-state index is 0.293. The highest BCUT2D eigenvalue weighted by Gasteiger charge is 2.17. The summed E-state index contributed by atoms with van der Waals surface area (Å²) in [5.74, 6) is 0.293. The highest BCUT2D eigenvalue weighted by Crippen LogP contribution is 2.07. The molecule has 0 aliphatic carbocycles. The third-order valence-corrected chi connectivity index (χ3v) is 3.09. The Bertz CT molecular complexity index is 204. The van der Waals surface area contributed by atoms with E-state index < -0.39 is 0 Å². The van der Waals surface area contributed by atoms with Gasteiger partial charge in [-0.25, -0.2) is 0 Å². The van der Waals surface area contributed by atoms with E-state index in [2.05, 4.69) is 39.9 Å². The lowest BCUT2D eigenvalue weighted by Gasteiger charge is -2.29. The fraction of sp³-hybridized carbons (Fsp3) is 0.929. The van der Waals surface area contributed by atoms with Crippen LogP contribution >= 0.6 is 0 Å². The van der Waals surface area contributed by atoms with Crippen LogP contribution in [0.4, 0.5) is 0 Å². The first-order valence-corrected chi connectivity index (χ1v) is 7.05. The van der Waals surface area contributed by atoms with E-state index in [4.69, 9.17) is 0 Å². The summed E-state index contributed by atoms with van der Waals surface area (Å²) in [7, 11) is 0. The van der Waals surface area contributed by atoms with Crippen molar-refractivity contribution < 1.29 is 4.79 Å². The standard InChI is InChI=1S/C14H30N2O/c1-6-8-11-16(13(5)7-2)14(17)9-10-15-12(3)4/h12-13,15H,6-11H2,1-5H3. The van der Waals surface area contributed by atoms with Crippen molar-refractivity contribution in [3.8, 4) is 0 Å². The Morgan fingerprint density at radius 3 is 2.35 bits per heavy atom. The van der Waals surface area contributed by atoms with E-state index in [1.807, 2.05) is 4.90 Å². The van der Waals surface area contributed by atoms with Crippen LogP contribution in [-0.4, -0.2) is 36.0 Å². The number of amides is 1. The van der Waals surface area contributed by atoms with Gasteiger partial charge in [0.1, 0.15) is 0 Å². The third kappa shape index (κ3) is 7.37. The molecule has 0 saturated carbocycles. The van der Waals surface area contributed by atoms with Crippen molar-refractivity contribution in [2.24, 2.45) is 0 Å². The molecular weight excluding hydrogens is 212 g/mol. The van der Waals surface area contributed by atoms with Crippen molar-refractivity contribution in [1.29, 1.82) is 0 Å². The molecule has 0 saturated heterocycles. The van der Waals surface area contributed by atoms with Crippen molar-refractivity contribution in [2.45, 2.75) is 72.4 Å². The summed E-state index contributed by atoms with van der Waals surface area (Å²) in [5.41, 5.74) is 0. The van der Waals surface area contributed by atoms with Crippen LogP contribution in [0.15, 0.2) is 0 Å². The summed E-state index contributed by atoms with van der Waals surface area (Å²) in [6.07, 6.45) is 3.90. The van der Waals surface area contributed by atoms with Gasteiger partial charge >= 0.3 is 0 Å². The fourth-order valence-electron chi connectivity index (χ4n) is 1.75. The quantitative estimate of drug-likeness (QED) is 0.674. The summed E-state index contributed by atoms with van der Waals surface area (Å²) >= 11 is 0. The normalized spacial score (nSPS) is 12.8. The molecular formula is C14H30N2O. The predicted molar refractivity (Wildman–Crippen MR) is 74.1 cm³/mol. The molecule has 0 aromatic rings. The van der Waals surface area contributed by atoms with E-state index in [0.29, 0.717) is 24.4 Å². The molecule has 0 bridgehead atoms. The Kier molecular flexibility index (Phi) is 9.14. The average molecular weight is 242 g/mol. The second kappa shape index (κ2) is 9.46. The van der Waals surface area contributed by atoms with Crippen LogP contribution in [0.5, 0.6) is 0 Å². The molecule has 0 aromatic carbocycles. The smallest absolute Gasteiger partial charge is 0.224 e. The molecule has 0 spiro atoms. The summed E-state index contributed by atoms with van der Waals surface area (Å²) in [4.78, 5) is 14.2. The van der Waals surface area contributed by atoms with Gasteiger partial charge < -0.3 is 10.2 Å². The van der Waals surface area contributed by atoms with Gasteiger partial charge in [0.05, 0.1) is 0 Å². The molecule has 1 atom stereocenters. The maximum absolute atomic E-state index is 12.1. The second-order valence-corrected chi connectivity index (χ2v) is 5.06. The lowest BCUT2D eigenvalue weighted by Crippen LogP contribution is -2.40. The molecule has 0 aliphatic rings. The number of nitrogens with zero attached hydrogens (tertiary/aromatic N) is 1. The zero-order chi connectivity index (χ0) is 13.3. The van der Waals surface area contributed by atoms with Gasteiger partial charge in [-0.3, -0.25) is 4.79 Å². The fourth-order valence-corrected chi connectivity index (χ4v) is 1.75. The minimum atomic E-state index is 0.293. The van der Waals surface area contributed by atoms with E-state index in [1.165, 1.54) is 0 Å². The van der Waals surface area contributed by atoms with Gasteiger partial charge in [-0.1, -0.05) is 34.1 Å². The first kappa shape index (κ1) is 16.4. The lowest BCUT2D eigenvalue weighted by atomic mass is 10.1. The predicted octanol–water partition coefficient (Wildman–Crippen LogP) is 2.80. The number of nitrogens with one attached hydrogen (secondary N) is 1. The maximum Gasteiger partial charge on any atom is 0.224 e. The van der Waals surface area contributed by atoms with E-state index in [-0.39, 0.29) is 0 Å². The molecule has 3 nitrogen and oxygen atoms in total. The average Bonchev–Trinajstić information content (AvgIpc) is 2.28. The van der Waals surface area contributed by atoms with Crippen LogP contribution in [-0.2, 0) is 4.79 Å². The zero-order valence-corrected chi connectivity index (χ0v) is 12.3. The van der Waals surface area contributed by atoms with Gasteiger partial charge in [0.15, 0.2) is 0 Å². The molecule has 0 radical (unpaired) electrons. The van der Waals surface area contributed by atoms with Crippen LogP contribution < -0.4 is 5.32 Å². The molecule has 0 aliphatic heterocycles. The number of hydrogen-bond acceptors (Lipinski definition) is 2. The largest absolute Gasteiger partial charge is 0.340 e. The van der Waals surface area contributed by atoms with Crippen LogP contribution in [0.25, 0.3) is 0 Å². The van der Waals surface area contributed by atoms with Crippen LogP contribution in [0.2, 0.25) is 0 Å². The first-order valence-electron chi connectivity index (χ1n) is 7.05. The second-order valence-electron chi connectivity index (χ2n) is 5.06. The van der Waals surface area contributed by atoms with E-state index in [1.54, 1.807) is 0 Å². The van der Waals surface area contributed by atoms with Crippen LogP contribution in [0.1, 0.15) is 60.3 Å². The summed E-state index contributed by atoms with van der Waals surface area (Å²) < 4.78 is 0. The van der Waals surface area contributed by atoms with Crippen molar-refractivity contribution in [1.82, 2.24) is 10.2 Å². The summed E-state index contributed by atoms with van der Waals surface area (Å²) in [5, 5.41) is 3.30. The zero-order valence-electron chi connectivity index (χ0n) is 12.3. The van der Waals surface area contributed by atoms with Crippen LogP contribution in [0.3, 0.4) is 0 Å².